The molecule has 0 atom stereocenters. The third-order valence-corrected chi connectivity index (χ3v) is 5.70. The SMILES string of the molecule is O=C(Nc1ccc(CNC(=O)C2(c3ccc(F)cc3)CCCC2)cc1)c1ccco1. The van der Waals surface area contributed by atoms with Gasteiger partial charge in [-0.25, -0.2) is 4.39 Å². The van der Waals surface area contributed by atoms with Crippen LogP contribution in [0.5, 0.6) is 0 Å². The van der Waals surface area contributed by atoms with Gasteiger partial charge < -0.3 is 15.1 Å². The van der Waals surface area contributed by atoms with Gasteiger partial charge in [0, 0.05) is 12.2 Å². The van der Waals surface area contributed by atoms with Crippen LogP contribution in [0.3, 0.4) is 0 Å². The van der Waals surface area contributed by atoms with Crippen molar-refractivity contribution in [3.05, 3.63) is 89.6 Å². The minimum absolute atomic E-state index is 0.0261. The highest BCUT2D eigenvalue weighted by Gasteiger charge is 2.42. The van der Waals surface area contributed by atoms with Crippen molar-refractivity contribution in [2.24, 2.45) is 0 Å². The second kappa shape index (κ2) is 8.53. The molecule has 3 aromatic rings. The number of nitrogens with one attached hydrogen (secondary N) is 2. The fourth-order valence-corrected chi connectivity index (χ4v) is 4.05. The maximum atomic E-state index is 13.3. The molecule has 1 aliphatic carbocycles. The first kappa shape index (κ1) is 19.9. The number of halogens is 1. The lowest BCUT2D eigenvalue weighted by atomic mass is 9.78. The van der Waals surface area contributed by atoms with E-state index in [1.807, 2.05) is 12.1 Å². The molecule has 154 valence electrons. The zero-order valence-electron chi connectivity index (χ0n) is 16.5. The Morgan fingerprint density at radius 2 is 1.67 bits per heavy atom. The van der Waals surface area contributed by atoms with Gasteiger partial charge in [0.15, 0.2) is 5.76 Å². The minimum Gasteiger partial charge on any atom is -0.459 e. The van der Waals surface area contributed by atoms with E-state index in [9.17, 15) is 14.0 Å². The molecule has 6 heteroatoms. The molecule has 0 bridgehead atoms. The smallest absolute Gasteiger partial charge is 0.291 e. The van der Waals surface area contributed by atoms with Crippen molar-refractivity contribution in [1.82, 2.24) is 5.32 Å². The molecule has 0 unspecified atom stereocenters. The van der Waals surface area contributed by atoms with Gasteiger partial charge in [-0.05, 0) is 60.4 Å². The summed E-state index contributed by atoms with van der Waals surface area (Å²) in [5.74, 6) is -0.397. The molecule has 2 N–H and O–H groups in total. The van der Waals surface area contributed by atoms with E-state index >= 15 is 0 Å². The molecule has 2 aromatic carbocycles. The van der Waals surface area contributed by atoms with Crippen LogP contribution in [0, 0.1) is 5.82 Å². The average Bonchev–Trinajstić information content (AvgIpc) is 3.46. The van der Waals surface area contributed by atoms with Gasteiger partial charge in [-0.15, -0.1) is 0 Å². The van der Waals surface area contributed by atoms with Crippen LogP contribution in [0.25, 0.3) is 0 Å². The first-order valence-corrected chi connectivity index (χ1v) is 10.0. The van der Waals surface area contributed by atoms with Gasteiger partial charge in [0.05, 0.1) is 11.7 Å². The summed E-state index contributed by atoms with van der Waals surface area (Å²) in [6, 6.07) is 16.8. The molecule has 0 saturated heterocycles. The van der Waals surface area contributed by atoms with E-state index in [2.05, 4.69) is 10.6 Å². The topological polar surface area (TPSA) is 71.3 Å². The van der Waals surface area contributed by atoms with Gasteiger partial charge in [-0.1, -0.05) is 37.1 Å². The Balaban J connectivity index is 1.39. The normalized spacial score (nSPS) is 15.0. The third kappa shape index (κ3) is 4.13. The van der Waals surface area contributed by atoms with E-state index in [1.165, 1.54) is 18.4 Å². The van der Waals surface area contributed by atoms with Crippen LogP contribution in [0.4, 0.5) is 10.1 Å². The minimum atomic E-state index is -0.593. The van der Waals surface area contributed by atoms with Gasteiger partial charge >= 0.3 is 0 Å². The summed E-state index contributed by atoms with van der Waals surface area (Å²) in [5, 5.41) is 5.80. The number of carbonyl (C=O) groups is 2. The zero-order valence-corrected chi connectivity index (χ0v) is 16.5. The quantitative estimate of drug-likeness (QED) is 0.618. The summed E-state index contributed by atoms with van der Waals surface area (Å²) in [4.78, 5) is 25.1. The maximum absolute atomic E-state index is 13.3. The number of hydrogen-bond acceptors (Lipinski definition) is 3. The molecule has 1 aliphatic rings. The van der Waals surface area contributed by atoms with Crippen molar-refractivity contribution >= 4 is 17.5 Å². The number of anilines is 1. The standard InChI is InChI=1S/C24H23FN2O3/c25-19-9-7-18(8-10-19)24(13-1-2-14-24)23(29)26-16-17-5-11-20(12-6-17)27-22(28)21-4-3-15-30-21/h3-12,15H,1-2,13-14,16H2,(H,26,29)(H,27,28). The largest absolute Gasteiger partial charge is 0.459 e. The number of rotatable bonds is 6. The van der Waals surface area contributed by atoms with Gasteiger partial charge in [-0.3, -0.25) is 9.59 Å². The summed E-state index contributed by atoms with van der Waals surface area (Å²) in [5.41, 5.74) is 1.84. The van der Waals surface area contributed by atoms with Crippen LogP contribution >= 0.6 is 0 Å². The lowest BCUT2D eigenvalue weighted by molar-refractivity contribution is -0.126. The van der Waals surface area contributed by atoms with Crippen molar-refractivity contribution in [3.8, 4) is 0 Å². The molecule has 1 aromatic heterocycles. The summed E-state index contributed by atoms with van der Waals surface area (Å²) in [6.45, 7) is 0.383. The maximum Gasteiger partial charge on any atom is 0.291 e. The van der Waals surface area contributed by atoms with Crippen LogP contribution in [-0.2, 0) is 16.8 Å². The number of furan rings is 1. The summed E-state index contributed by atoms with van der Waals surface area (Å²) in [7, 11) is 0. The first-order chi connectivity index (χ1) is 14.6. The highest BCUT2D eigenvalue weighted by atomic mass is 19.1. The first-order valence-electron chi connectivity index (χ1n) is 10.0. The van der Waals surface area contributed by atoms with E-state index in [-0.39, 0.29) is 23.4 Å². The van der Waals surface area contributed by atoms with Crippen LogP contribution < -0.4 is 10.6 Å². The summed E-state index contributed by atoms with van der Waals surface area (Å²) >= 11 is 0. The molecular weight excluding hydrogens is 383 g/mol. The molecule has 4 rings (SSSR count). The molecule has 1 heterocycles. The highest BCUT2D eigenvalue weighted by molar-refractivity contribution is 6.02. The summed E-state index contributed by atoms with van der Waals surface area (Å²) < 4.78 is 18.4. The lowest BCUT2D eigenvalue weighted by Gasteiger charge is -2.28. The predicted molar refractivity (Wildman–Crippen MR) is 111 cm³/mol. The van der Waals surface area contributed by atoms with Gasteiger partial charge in [0.1, 0.15) is 5.82 Å². The highest BCUT2D eigenvalue weighted by Crippen LogP contribution is 2.41. The average molecular weight is 406 g/mol. The van der Waals surface area contributed by atoms with Crippen LogP contribution in [0.15, 0.2) is 71.3 Å². The van der Waals surface area contributed by atoms with E-state index in [1.54, 1.807) is 36.4 Å². The van der Waals surface area contributed by atoms with Crippen LogP contribution in [-0.4, -0.2) is 11.8 Å². The number of hydrogen-bond donors (Lipinski definition) is 2. The molecule has 0 spiro atoms. The van der Waals surface area contributed by atoms with E-state index in [4.69, 9.17) is 4.42 Å². The number of benzene rings is 2. The summed E-state index contributed by atoms with van der Waals surface area (Å²) in [6.07, 6.45) is 4.94. The zero-order chi connectivity index (χ0) is 21.0. The fourth-order valence-electron chi connectivity index (χ4n) is 4.05. The Hall–Kier alpha value is -3.41. The van der Waals surface area contributed by atoms with Crippen molar-refractivity contribution < 1.29 is 18.4 Å². The van der Waals surface area contributed by atoms with Crippen molar-refractivity contribution in [3.63, 3.8) is 0 Å². The van der Waals surface area contributed by atoms with Crippen LogP contribution in [0.1, 0.15) is 47.4 Å². The molecule has 0 radical (unpaired) electrons. The third-order valence-electron chi connectivity index (χ3n) is 5.70. The second-order valence-corrected chi connectivity index (χ2v) is 7.61. The molecule has 2 amide bonds. The van der Waals surface area contributed by atoms with Gasteiger partial charge in [0.25, 0.3) is 5.91 Å². The van der Waals surface area contributed by atoms with Crippen molar-refractivity contribution in [2.75, 3.05) is 5.32 Å². The van der Waals surface area contributed by atoms with Crippen molar-refractivity contribution in [1.29, 1.82) is 0 Å². The molecule has 5 nitrogen and oxygen atoms in total. The van der Waals surface area contributed by atoms with Crippen LogP contribution in [0.2, 0.25) is 0 Å². The van der Waals surface area contributed by atoms with E-state index in [0.29, 0.717) is 12.2 Å². The molecule has 1 fully saturated rings. The fraction of sp³-hybridized carbons (Fsp3) is 0.250. The second-order valence-electron chi connectivity index (χ2n) is 7.61. The predicted octanol–water partition coefficient (Wildman–Crippen LogP) is 4.80. The molecular formula is C24H23FN2O3. The Bertz CT molecular complexity index is 1010. The Kier molecular flexibility index (Phi) is 5.65. The Labute approximate surface area is 174 Å². The number of carbonyl (C=O) groups excluding carboxylic acids is 2. The number of amides is 2. The van der Waals surface area contributed by atoms with E-state index in [0.717, 1.165) is 36.8 Å². The molecule has 0 aliphatic heterocycles. The van der Waals surface area contributed by atoms with Gasteiger partial charge in [-0.2, -0.15) is 0 Å². The lowest BCUT2D eigenvalue weighted by Crippen LogP contribution is -2.42. The van der Waals surface area contributed by atoms with Gasteiger partial charge in [0.2, 0.25) is 5.91 Å². The Morgan fingerprint density at radius 3 is 2.30 bits per heavy atom. The van der Waals surface area contributed by atoms with Crippen molar-refractivity contribution in [2.45, 2.75) is 37.6 Å². The Morgan fingerprint density at radius 1 is 0.967 bits per heavy atom. The molecule has 30 heavy (non-hydrogen) atoms. The molecule has 1 saturated carbocycles. The monoisotopic (exact) mass is 406 g/mol. The van der Waals surface area contributed by atoms with E-state index < -0.39 is 5.41 Å².